The number of hydrogen-bond donors (Lipinski definition) is 0. The third-order valence-electron chi connectivity index (χ3n) is 4.79. The first kappa shape index (κ1) is 17.3. The Morgan fingerprint density at radius 2 is 2.05 bits per heavy atom. The van der Waals surface area contributed by atoms with Crippen molar-refractivity contribution in [1.82, 2.24) is 4.90 Å². The highest BCUT2D eigenvalue weighted by molar-refractivity contribution is 5.06. The first-order chi connectivity index (χ1) is 9.30. The SMILES string of the molecule is C=C(CCC)N(CC1CC1(C)CCC=C(C)C)C(C)C. The Morgan fingerprint density at radius 3 is 2.55 bits per heavy atom. The highest BCUT2D eigenvalue weighted by atomic mass is 15.2. The largest absolute Gasteiger partial charge is 0.373 e. The summed E-state index contributed by atoms with van der Waals surface area (Å²) >= 11 is 0. The molecule has 0 aromatic rings. The fraction of sp³-hybridized carbons (Fsp3) is 0.789. The first-order valence-electron chi connectivity index (χ1n) is 8.38. The van der Waals surface area contributed by atoms with Crippen LogP contribution in [0.2, 0.25) is 0 Å². The van der Waals surface area contributed by atoms with E-state index >= 15 is 0 Å². The van der Waals surface area contributed by atoms with Crippen LogP contribution in [0.4, 0.5) is 0 Å². The van der Waals surface area contributed by atoms with E-state index in [1.807, 2.05) is 0 Å². The van der Waals surface area contributed by atoms with E-state index in [1.54, 1.807) is 0 Å². The smallest absolute Gasteiger partial charge is 0.0230 e. The van der Waals surface area contributed by atoms with Crippen LogP contribution in [0.1, 0.15) is 73.6 Å². The van der Waals surface area contributed by atoms with E-state index in [9.17, 15) is 0 Å². The molecule has 0 aliphatic heterocycles. The minimum absolute atomic E-state index is 0.575. The molecule has 0 N–H and O–H groups in total. The molecule has 116 valence electrons. The number of hydrogen-bond acceptors (Lipinski definition) is 1. The fourth-order valence-corrected chi connectivity index (χ4v) is 3.16. The zero-order valence-electron chi connectivity index (χ0n) is 14.6. The summed E-state index contributed by atoms with van der Waals surface area (Å²) in [6.07, 6.45) is 8.70. The summed E-state index contributed by atoms with van der Waals surface area (Å²) < 4.78 is 0. The lowest BCUT2D eigenvalue weighted by molar-refractivity contribution is 0.247. The molecule has 0 bridgehead atoms. The van der Waals surface area contributed by atoms with Crippen LogP contribution in [0.3, 0.4) is 0 Å². The Morgan fingerprint density at radius 1 is 1.40 bits per heavy atom. The Labute approximate surface area is 127 Å². The first-order valence-corrected chi connectivity index (χ1v) is 8.38. The van der Waals surface area contributed by atoms with Crippen LogP contribution in [-0.4, -0.2) is 17.5 Å². The highest BCUT2D eigenvalue weighted by Crippen LogP contribution is 2.56. The maximum Gasteiger partial charge on any atom is 0.0230 e. The Bertz CT molecular complexity index is 349. The van der Waals surface area contributed by atoms with Gasteiger partial charge in [-0.15, -0.1) is 0 Å². The average molecular weight is 277 g/mol. The molecule has 0 aromatic carbocycles. The summed E-state index contributed by atoms with van der Waals surface area (Å²) in [5.74, 6) is 0.865. The van der Waals surface area contributed by atoms with Crippen LogP contribution in [-0.2, 0) is 0 Å². The molecule has 2 unspecified atom stereocenters. The van der Waals surface area contributed by atoms with Crippen molar-refractivity contribution in [2.45, 2.75) is 79.7 Å². The van der Waals surface area contributed by atoms with Crippen molar-refractivity contribution in [2.75, 3.05) is 6.54 Å². The van der Waals surface area contributed by atoms with Gasteiger partial charge in [0.15, 0.2) is 0 Å². The van der Waals surface area contributed by atoms with E-state index in [4.69, 9.17) is 0 Å². The Hall–Kier alpha value is -0.720. The third kappa shape index (κ3) is 5.00. The van der Waals surface area contributed by atoms with Gasteiger partial charge in [0.05, 0.1) is 0 Å². The van der Waals surface area contributed by atoms with Gasteiger partial charge in [0.2, 0.25) is 0 Å². The second kappa shape index (κ2) is 7.33. The maximum atomic E-state index is 4.30. The van der Waals surface area contributed by atoms with E-state index in [1.165, 1.54) is 43.5 Å². The van der Waals surface area contributed by atoms with Crippen LogP contribution in [0.15, 0.2) is 23.9 Å². The van der Waals surface area contributed by atoms with Crippen LogP contribution >= 0.6 is 0 Å². The van der Waals surface area contributed by atoms with Crippen molar-refractivity contribution in [1.29, 1.82) is 0 Å². The molecule has 2 atom stereocenters. The highest BCUT2D eigenvalue weighted by Gasteiger charge is 2.49. The van der Waals surface area contributed by atoms with E-state index in [0.717, 1.165) is 12.3 Å². The monoisotopic (exact) mass is 277 g/mol. The molecule has 1 nitrogen and oxygen atoms in total. The summed E-state index contributed by atoms with van der Waals surface area (Å²) in [4.78, 5) is 2.54. The molecule has 0 amide bonds. The van der Waals surface area contributed by atoms with Crippen LogP contribution in [0.5, 0.6) is 0 Å². The third-order valence-corrected chi connectivity index (χ3v) is 4.79. The van der Waals surface area contributed by atoms with E-state index < -0.39 is 0 Å². The minimum atomic E-state index is 0.575. The van der Waals surface area contributed by atoms with Crippen molar-refractivity contribution in [3.05, 3.63) is 23.9 Å². The molecule has 0 radical (unpaired) electrons. The standard InChI is InChI=1S/C19H35N/c1-8-10-17(6)20(16(4)5)14-18-13-19(18,7)12-9-11-15(2)3/h11,16,18H,6,8-10,12-14H2,1-5,7H3. The number of rotatable bonds is 9. The molecule has 1 saturated carbocycles. The maximum absolute atomic E-state index is 4.30. The topological polar surface area (TPSA) is 3.24 Å². The second-order valence-corrected chi connectivity index (χ2v) is 7.44. The summed E-state index contributed by atoms with van der Waals surface area (Å²) in [6.45, 7) is 19.2. The molecule has 1 fully saturated rings. The van der Waals surface area contributed by atoms with Gasteiger partial charge in [-0.25, -0.2) is 0 Å². The fourth-order valence-electron chi connectivity index (χ4n) is 3.16. The van der Waals surface area contributed by atoms with E-state index in [-0.39, 0.29) is 0 Å². The summed E-state index contributed by atoms with van der Waals surface area (Å²) in [6, 6.07) is 0.580. The normalized spacial score (nSPS) is 24.6. The van der Waals surface area contributed by atoms with Gasteiger partial charge in [-0.1, -0.05) is 38.5 Å². The zero-order chi connectivity index (χ0) is 15.3. The molecule has 0 spiro atoms. The van der Waals surface area contributed by atoms with Gasteiger partial charge >= 0.3 is 0 Å². The van der Waals surface area contributed by atoms with Crippen molar-refractivity contribution in [2.24, 2.45) is 11.3 Å². The average Bonchev–Trinajstić information content (AvgIpc) is 2.96. The van der Waals surface area contributed by atoms with Gasteiger partial charge in [-0.2, -0.15) is 0 Å². The summed E-state index contributed by atoms with van der Waals surface area (Å²) in [5, 5.41) is 0. The number of nitrogens with zero attached hydrogens (tertiary/aromatic N) is 1. The van der Waals surface area contributed by atoms with Gasteiger partial charge < -0.3 is 4.90 Å². The molecular formula is C19H35N. The van der Waals surface area contributed by atoms with Crippen LogP contribution in [0.25, 0.3) is 0 Å². The zero-order valence-corrected chi connectivity index (χ0v) is 14.6. The predicted molar refractivity (Wildman–Crippen MR) is 90.8 cm³/mol. The summed E-state index contributed by atoms with van der Waals surface area (Å²) in [7, 11) is 0. The predicted octanol–water partition coefficient (Wildman–Crippen LogP) is 5.78. The van der Waals surface area contributed by atoms with Crippen molar-refractivity contribution < 1.29 is 0 Å². The van der Waals surface area contributed by atoms with Crippen molar-refractivity contribution in [3.63, 3.8) is 0 Å². The van der Waals surface area contributed by atoms with Gasteiger partial charge in [-0.05, 0) is 64.7 Å². The quantitative estimate of drug-likeness (QED) is 0.483. The van der Waals surface area contributed by atoms with Crippen LogP contribution < -0.4 is 0 Å². The van der Waals surface area contributed by atoms with Gasteiger partial charge in [-0.3, -0.25) is 0 Å². The molecule has 1 heteroatoms. The lowest BCUT2D eigenvalue weighted by Crippen LogP contribution is -2.32. The molecular weight excluding hydrogens is 242 g/mol. The molecule has 1 aliphatic carbocycles. The minimum Gasteiger partial charge on any atom is -0.373 e. The molecule has 1 rings (SSSR count). The Balaban J connectivity index is 2.48. The van der Waals surface area contributed by atoms with Gasteiger partial charge in [0.25, 0.3) is 0 Å². The molecule has 20 heavy (non-hydrogen) atoms. The lowest BCUT2D eigenvalue weighted by Gasteiger charge is -2.31. The molecule has 0 saturated heterocycles. The van der Waals surface area contributed by atoms with Crippen LogP contribution in [0, 0.1) is 11.3 Å². The van der Waals surface area contributed by atoms with Gasteiger partial charge in [0, 0.05) is 18.3 Å². The van der Waals surface area contributed by atoms with E-state index in [2.05, 4.69) is 59.1 Å². The Kier molecular flexibility index (Phi) is 6.36. The van der Waals surface area contributed by atoms with E-state index in [0.29, 0.717) is 11.5 Å². The molecule has 0 aromatic heterocycles. The van der Waals surface area contributed by atoms with Gasteiger partial charge in [0.1, 0.15) is 0 Å². The molecule has 1 aliphatic rings. The van der Waals surface area contributed by atoms with Crippen molar-refractivity contribution in [3.8, 4) is 0 Å². The lowest BCUT2D eigenvalue weighted by atomic mass is 9.98. The van der Waals surface area contributed by atoms with Crippen molar-refractivity contribution >= 4 is 0 Å². The number of allylic oxidation sites excluding steroid dienone is 3. The molecule has 0 heterocycles. The summed E-state index contributed by atoms with van der Waals surface area (Å²) in [5.41, 5.74) is 3.36. The second-order valence-electron chi connectivity index (χ2n) is 7.44.